The van der Waals surface area contributed by atoms with Crippen LogP contribution in [0, 0.1) is 11.7 Å². The lowest BCUT2D eigenvalue weighted by atomic mass is 9.84. The number of ether oxygens (including phenoxy) is 1. The lowest BCUT2D eigenvalue weighted by Crippen LogP contribution is -2.30. The highest BCUT2D eigenvalue weighted by Crippen LogP contribution is 2.33. The van der Waals surface area contributed by atoms with Gasteiger partial charge in [-0.1, -0.05) is 13.3 Å². The number of aliphatic hydroxyl groups is 1. The second kappa shape index (κ2) is 6.38. The highest BCUT2D eigenvalue weighted by atomic mass is 19.1. The molecule has 0 aliphatic heterocycles. The van der Waals surface area contributed by atoms with Crippen LogP contribution in [-0.4, -0.2) is 11.2 Å². The highest BCUT2D eigenvalue weighted by Gasteiger charge is 2.26. The van der Waals surface area contributed by atoms with Crippen molar-refractivity contribution in [3.8, 4) is 5.75 Å². The first-order chi connectivity index (χ1) is 9.11. The lowest BCUT2D eigenvalue weighted by molar-refractivity contribution is 0.0853. The molecule has 3 atom stereocenters. The van der Waals surface area contributed by atoms with Crippen LogP contribution < -0.4 is 4.74 Å². The van der Waals surface area contributed by atoms with Gasteiger partial charge in [0.05, 0.1) is 6.10 Å². The average molecular weight is 266 g/mol. The maximum absolute atomic E-state index is 13.3. The van der Waals surface area contributed by atoms with E-state index in [0.717, 1.165) is 12.8 Å². The van der Waals surface area contributed by atoms with Crippen LogP contribution in [0.15, 0.2) is 18.2 Å². The Morgan fingerprint density at radius 1 is 1.37 bits per heavy atom. The predicted octanol–water partition coefficient (Wildman–Crippen LogP) is 4.23. The number of hydrogen-bond acceptors (Lipinski definition) is 2. The Morgan fingerprint density at radius 2 is 2.11 bits per heavy atom. The van der Waals surface area contributed by atoms with Gasteiger partial charge in [0, 0.05) is 5.56 Å². The van der Waals surface area contributed by atoms with Crippen LogP contribution in [-0.2, 0) is 0 Å². The summed E-state index contributed by atoms with van der Waals surface area (Å²) in [5, 5.41) is 9.73. The van der Waals surface area contributed by atoms with Gasteiger partial charge < -0.3 is 9.84 Å². The van der Waals surface area contributed by atoms with E-state index in [0.29, 0.717) is 17.2 Å². The van der Waals surface area contributed by atoms with Gasteiger partial charge in [-0.2, -0.15) is 0 Å². The normalized spacial score (nSPS) is 25.1. The Balaban J connectivity index is 2.17. The Labute approximate surface area is 114 Å². The summed E-state index contributed by atoms with van der Waals surface area (Å²) in [6.07, 6.45) is 5.30. The second-order valence-corrected chi connectivity index (χ2v) is 5.47. The summed E-state index contributed by atoms with van der Waals surface area (Å²) in [6, 6.07) is 4.40. The molecule has 2 rings (SSSR count). The van der Waals surface area contributed by atoms with Crippen molar-refractivity contribution in [3.05, 3.63) is 29.6 Å². The smallest absolute Gasteiger partial charge is 0.125 e. The van der Waals surface area contributed by atoms with Crippen molar-refractivity contribution in [3.63, 3.8) is 0 Å². The topological polar surface area (TPSA) is 29.5 Å². The molecule has 19 heavy (non-hydrogen) atoms. The van der Waals surface area contributed by atoms with Gasteiger partial charge in [0.1, 0.15) is 17.7 Å². The fourth-order valence-electron chi connectivity index (χ4n) is 2.91. The first-order valence-electron chi connectivity index (χ1n) is 7.26. The summed E-state index contributed by atoms with van der Waals surface area (Å²) >= 11 is 0. The van der Waals surface area contributed by atoms with E-state index in [1.807, 2.05) is 0 Å². The largest absolute Gasteiger partial charge is 0.490 e. The number of benzene rings is 1. The average Bonchev–Trinajstić information content (AvgIpc) is 2.41. The van der Waals surface area contributed by atoms with Gasteiger partial charge in [0.25, 0.3) is 0 Å². The summed E-state index contributed by atoms with van der Waals surface area (Å²) in [5.41, 5.74) is 0.542. The zero-order chi connectivity index (χ0) is 13.8. The third-order valence-electron chi connectivity index (χ3n) is 4.06. The van der Waals surface area contributed by atoms with Crippen molar-refractivity contribution in [2.75, 3.05) is 0 Å². The van der Waals surface area contributed by atoms with Crippen molar-refractivity contribution >= 4 is 0 Å². The monoisotopic (exact) mass is 266 g/mol. The van der Waals surface area contributed by atoms with Gasteiger partial charge in [0.15, 0.2) is 0 Å². The van der Waals surface area contributed by atoms with Crippen LogP contribution >= 0.6 is 0 Å². The van der Waals surface area contributed by atoms with E-state index in [1.54, 1.807) is 13.0 Å². The molecule has 1 aliphatic carbocycles. The summed E-state index contributed by atoms with van der Waals surface area (Å²) < 4.78 is 19.3. The third-order valence-corrected chi connectivity index (χ3v) is 4.06. The molecule has 1 N–H and O–H groups in total. The van der Waals surface area contributed by atoms with Crippen molar-refractivity contribution in [1.82, 2.24) is 0 Å². The third kappa shape index (κ3) is 3.47. The Kier molecular flexibility index (Phi) is 4.81. The minimum Gasteiger partial charge on any atom is -0.490 e. The molecule has 2 nitrogen and oxygen atoms in total. The Hall–Kier alpha value is -1.09. The molecule has 1 aromatic carbocycles. The number of halogens is 1. The summed E-state index contributed by atoms with van der Waals surface area (Å²) in [6.45, 7) is 3.83. The lowest BCUT2D eigenvalue weighted by Gasteiger charge is -2.32. The molecule has 1 saturated carbocycles. The molecule has 0 radical (unpaired) electrons. The molecule has 0 saturated heterocycles. The summed E-state index contributed by atoms with van der Waals surface area (Å²) in [7, 11) is 0. The van der Waals surface area contributed by atoms with E-state index in [9.17, 15) is 9.50 Å². The molecule has 1 fully saturated rings. The first kappa shape index (κ1) is 14.3. The molecule has 0 bridgehead atoms. The maximum atomic E-state index is 13.3. The fraction of sp³-hybridized carbons (Fsp3) is 0.625. The molecule has 106 valence electrons. The summed E-state index contributed by atoms with van der Waals surface area (Å²) in [5.74, 6) is 0.862. The van der Waals surface area contributed by atoms with Crippen molar-refractivity contribution in [1.29, 1.82) is 0 Å². The van der Waals surface area contributed by atoms with Gasteiger partial charge in [-0.3, -0.25) is 0 Å². The molecular weight excluding hydrogens is 243 g/mol. The van der Waals surface area contributed by atoms with E-state index in [1.165, 1.54) is 31.4 Å². The number of rotatable bonds is 4. The molecular formula is C16H23FO2. The maximum Gasteiger partial charge on any atom is 0.125 e. The van der Waals surface area contributed by atoms with E-state index in [2.05, 4.69) is 6.92 Å². The van der Waals surface area contributed by atoms with E-state index >= 15 is 0 Å². The van der Waals surface area contributed by atoms with E-state index < -0.39 is 6.10 Å². The molecule has 0 heterocycles. The van der Waals surface area contributed by atoms with E-state index in [4.69, 9.17) is 4.74 Å². The van der Waals surface area contributed by atoms with Crippen LogP contribution in [0.1, 0.15) is 57.6 Å². The van der Waals surface area contributed by atoms with E-state index in [-0.39, 0.29) is 11.9 Å². The fourth-order valence-corrected chi connectivity index (χ4v) is 2.91. The first-order valence-corrected chi connectivity index (χ1v) is 7.26. The van der Waals surface area contributed by atoms with Gasteiger partial charge in [0.2, 0.25) is 0 Å². The minimum atomic E-state index is -0.714. The predicted molar refractivity (Wildman–Crippen MR) is 73.7 cm³/mol. The van der Waals surface area contributed by atoms with Crippen molar-refractivity contribution < 1.29 is 14.2 Å². The highest BCUT2D eigenvalue weighted by molar-refractivity contribution is 5.35. The molecule has 1 aliphatic rings. The quantitative estimate of drug-likeness (QED) is 0.883. The second-order valence-electron chi connectivity index (χ2n) is 5.47. The number of hydrogen-bond donors (Lipinski definition) is 1. The minimum absolute atomic E-state index is 0.196. The van der Waals surface area contributed by atoms with Crippen molar-refractivity contribution in [2.45, 2.75) is 58.2 Å². The van der Waals surface area contributed by atoms with Gasteiger partial charge in [-0.25, -0.2) is 4.39 Å². The standard InChI is InChI=1S/C16H23FO2/c1-3-12-6-4-5-7-15(12)19-16-9-8-13(17)10-14(16)11(2)18/h8-12,15,18H,3-7H2,1-2H3/t11-,12?,15?/m1/s1. The van der Waals surface area contributed by atoms with Crippen LogP contribution in [0.25, 0.3) is 0 Å². The molecule has 0 aromatic heterocycles. The van der Waals surface area contributed by atoms with Gasteiger partial charge in [-0.15, -0.1) is 0 Å². The Morgan fingerprint density at radius 3 is 2.79 bits per heavy atom. The van der Waals surface area contributed by atoms with Crippen LogP contribution in [0.4, 0.5) is 4.39 Å². The molecule has 2 unspecified atom stereocenters. The molecule has 1 aromatic rings. The van der Waals surface area contributed by atoms with Crippen LogP contribution in [0.5, 0.6) is 5.75 Å². The van der Waals surface area contributed by atoms with Gasteiger partial charge in [-0.05, 0) is 56.7 Å². The summed E-state index contributed by atoms with van der Waals surface area (Å²) in [4.78, 5) is 0. The zero-order valence-corrected chi connectivity index (χ0v) is 11.7. The SMILES string of the molecule is CCC1CCCCC1Oc1ccc(F)cc1[C@@H](C)O. The van der Waals surface area contributed by atoms with Crippen molar-refractivity contribution in [2.24, 2.45) is 5.92 Å². The van der Waals surface area contributed by atoms with Crippen LogP contribution in [0.2, 0.25) is 0 Å². The van der Waals surface area contributed by atoms with Crippen LogP contribution in [0.3, 0.4) is 0 Å². The molecule has 0 spiro atoms. The zero-order valence-electron chi connectivity index (χ0n) is 11.7. The number of aliphatic hydroxyl groups excluding tert-OH is 1. The van der Waals surface area contributed by atoms with Gasteiger partial charge >= 0.3 is 0 Å². The molecule has 0 amide bonds. The Bertz CT molecular complexity index is 417. The molecule has 3 heteroatoms.